The molecule has 0 bridgehead atoms. The van der Waals surface area contributed by atoms with Crippen LogP contribution in [-0.2, 0) is 16.1 Å². The number of ether oxygens (including phenoxy) is 3. The molecule has 142 valence electrons. The van der Waals surface area contributed by atoms with E-state index >= 15 is 0 Å². The minimum atomic E-state index is -0.657. The largest absolute Gasteiger partial charge is 0.497 e. The van der Waals surface area contributed by atoms with Gasteiger partial charge in [-0.15, -0.1) is 0 Å². The summed E-state index contributed by atoms with van der Waals surface area (Å²) >= 11 is 0. The fourth-order valence-electron chi connectivity index (χ4n) is 2.74. The van der Waals surface area contributed by atoms with Crippen molar-refractivity contribution in [2.24, 2.45) is 0 Å². The van der Waals surface area contributed by atoms with Crippen molar-refractivity contribution in [2.45, 2.75) is 12.6 Å². The van der Waals surface area contributed by atoms with Crippen LogP contribution in [0.4, 0.5) is 4.79 Å². The highest BCUT2D eigenvalue weighted by Gasteiger charge is 2.37. The summed E-state index contributed by atoms with van der Waals surface area (Å²) in [6.45, 7) is 0.955. The zero-order chi connectivity index (χ0) is 19.1. The second-order valence-electron chi connectivity index (χ2n) is 6.01. The SMILES string of the molecule is COc1ccc(CNC(=O)[C@@H]2COC(=O)N2CCOc2ccccc2)cc1. The molecule has 2 aromatic carbocycles. The number of methoxy groups -OCH3 is 1. The van der Waals surface area contributed by atoms with E-state index in [0.717, 1.165) is 11.3 Å². The molecule has 0 aliphatic carbocycles. The molecule has 0 radical (unpaired) electrons. The first-order valence-corrected chi connectivity index (χ1v) is 8.69. The van der Waals surface area contributed by atoms with Gasteiger partial charge in [0, 0.05) is 6.54 Å². The van der Waals surface area contributed by atoms with Gasteiger partial charge >= 0.3 is 6.09 Å². The van der Waals surface area contributed by atoms with Crippen molar-refractivity contribution in [3.05, 3.63) is 60.2 Å². The summed E-state index contributed by atoms with van der Waals surface area (Å²) in [7, 11) is 1.60. The predicted octanol–water partition coefficient (Wildman–Crippen LogP) is 2.21. The molecule has 2 amide bonds. The number of para-hydroxylation sites is 1. The number of nitrogens with one attached hydrogen (secondary N) is 1. The topological polar surface area (TPSA) is 77.1 Å². The van der Waals surface area contributed by atoms with Crippen LogP contribution in [0.3, 0.4) is 0 Å². The zero-order valence-corrected chi connectivity index (χ0v) is 15.1. The highest BCUT2D eigenvalue weighted by Crippen LogP contribution is 2.15. The van der Waals surface area contributed by atoms with Crippen molar-refractivity contribution < 1.29 is 23.8 Å². The Hall–Kier alpha value is -3.22. The highest BCUT2D eigenvalue weighted by atomic mass is 16.6. The monoisotopic (exact) mass is 370 g/mol. The second-order valence-corrected chi connectivity index (χ2v) is 6.01. The average Bonchev–Trinajstić information content (AvgIpc) is 3.08. The first kappa shape index (κ1) is 18.6. The van der Waals surface area contributed by atoms with Gasteiger partial charge in [0.1, 0.15) is 30.8 Å². The standard InChI is InChI=1S/C20H22N2O5/c1-25-16-9-7-15(8-10-16)13-21-19(23)18-14-27-20(24)22(18)11-12-26-17-5-3-2-4-6-17/h2-10,18H,11-14H2,1H3,(H,21,23)/t18-/m0/s1. The van der Waals surface area contributed by atoms with Crippen molar-refractivity contribution >= 4 is 12.0 Å². The van der Waals surface area contributed by atoms with Crippen molar-refractivity contribution in [3.8, 4) is 11.5 Å². The minimum absolute atomic E-state index is 0.0403. The van der Waals surface area contributed by atoms with Crippen LogP contribution in [0.5, 0.6) is 11.5 Å². The smallest absolute Gasteiger partial charge is 0.410 e. The third-order valence-electron chi connectivity index (χ3n) is 4.25. The second kappa shape index (κ2) is 8.93. The summed E-state index contributed by atoms with van der Waals surface area (Å²) in [5, 5.41) is 2.84. The van der Waals surface area contributed by atoms with Crippen LogP contribution in [-0.4, -0.2) is 49.8 Å². The number of hydrogen-bond donors (Lipinski definition) is 1. The van der Waals surface area contributed by atoms with Gasteiger partial charge in [-0.25, -0.2) is 4.79 Å². The molecule has 1 heterocycles. The van der Waals surface area contributed by atoms with E-state index in [1.54, 1.807) is 7.11 Å². The van der Waals surface area contributed by atoms with Crippen LogP contribution in [0.1, 0.15) is 5.56 Å². The summed E-state index contributed by atoms with van der Waals surface area (Å²) in [6.07, 6.45) is -0.503. The lowest BCUT2D eigenvalue weighted by Crippen LogP contribution is -2.46. The van der Waals surface area contributed by atoms with E-state index < -0.39 is 12.1 Å². The van der Waals surface area contributed by atoms with Gasteiger partial charge in [0.2, 0.25) is 5.91 Å². The minimum Gasteiger partial charge on any atom is -0.497 e. The third-order valence-corrected chi connectivity index (χ3v) is 4.25. The molecule has 0 spiro atoms. The summed E-state index contributed by atoms with van der Waals surface area (Å²) in [5.74, 6) is 1.21. The molecule has 7 nitrogen and oxygen atoms in total. The number of rotatable bonds is 8. The Morgan fingerprint density at radius 3 is 2.59 bits per heavy atom. The average molecular weight is 370 g/mol. The van der Waals surface area contributed by atoms with E-state index in [-0.39, 0.29) is 25.7 Å². The van der Waals surface area contributed by atoms with Gasteiger partial charge < -0.3 is 19.5 Å². The number of carbonyl (C=O) groups excluding carboxylic acids is 2. The highest BCUT2D eigenvalue weighted by molar-refractivity contribution is 5.87. The molecular formula is C20H22N2O5. The fourth-order valence-corrected chi connectivity index (χ4v) is 2.74. The lowest BCUT2D eigenvalue weighted by molar-refractivity contribution is -0.125. The van der Waals surface area contributed by atoms with Crippen LogP contribution >= 0.6 is 0 Å². The maximum atomic E-state index is 12.5. The Bertz CT molecular complexity index is 764. The molecule has 0 aromatic heterocycles. The summed E-state index contributed by atoms with van der Waals surface area (Å²) in [5.41, 5.74) is 0.938. The third kappa shape index (κ3) is 4.91. The molecule has 1 atom stereocenters. The van der Waals surface area contributed by atoms with Gasteiger partial charge in [0.15, 0.2) is 0 Å². The van der Waals surface area contributed by atoms with Crippen molar-refractivity contribution in [1.82, 2.24) is 10.2 Å². The van der Waals surface area contributed by atoms with Gasteiger partial charge in [-0.2, -0.15) is 0 Å². The van der Waals surface area contributed by atoms with Crippen LogP contribution < -0.4 is 14.8 Å². The molecule has 7 heteroatoms. The van der Waals surface area contributed by atoms with E-state index in [4.69, 9.17) is 14.2 Å². The Kier molecular flexibility index (Phi) is 6.14. The normalized spacial score (nSPS) is 16.0. The first-order chi connectivity index (χ1) is 13.2. The number of benzene rings is 2. The van der Waals surface area contributed by atoms with Crippen LogP contribution in [0, 0.1) is 0 Å². The van der Waals surface area contributed by atoms with Gasteiger partial charge in [-0.1, -0.05) is 30.3 Å². The Balaban J connectivity index is 1.50. The Labute approximate surface area is 157 Å². The number of carbonyl (C=O) groups is 2. The lowest BCUT2D eigenvalue weighted by Gasteiger charge is -2.21. The molecular weight excluding hydrogens is 348 g/mol. The van der Waals surface area contributed by atoms with Gasteiger partial charge in [0.05, 0.1) is 13.7 Å². The number of amides is 2. The number of cyclic esters (lactones) is 1. The Morgan fingerprint density at radius 2 is 1.89 bits per heavy atom. The Morgan fingerprint density at radius 1 is 1.15 bits per heavy atom. The first-order valence-electron chi connectivity index (χ1n) is 8.69. The van der Waals surface area contributed by atoms with Crippen molar-refractivity contribution in [1.29, 1.82) is 0 Å². The molecule has 27 heavy (non-hydrogen) atoms. The van der Waals surface area contributed by atoms with E-state index in [1.807, 2.05) is 54.6 Å². The summed E-state index contributed by atoms with van der Waals surface area (Å²) < 4.78 is 15.8. The maximum Gasteiger partial charge on any atom is 0.410 e. The van der Waals surface area contributed by atoms with E-state index in [9.17, 15) is 9.59 Å². The molecule has 1 N–H and O–H groups in total. The fraction of sp³-hybridized carbons (Fsp3) is 0.300. The van der Waals surface area contributed by atoms with Gasteiger partial charge in [-0.05, 0) is 29.8 Å². The summed E-state index contributed by atoms with van der Waals surface area (Å²) in [4.78, 5) is 25.8. The quantitative estimate of drug-likeness (QED) is 0.771. The molecule has 1 fully saturated rings. The van der Waals surface area contributed by atoms with Gasteiger partial charge in [-0.3, -0.25) is 9.69 Å². The molecule has 2 aromatic rings. The van der Waals surface area contributed by atoms with E-state index in [2.05, 4.69) is 5.32 Å². The summed E-state index contributed by atoms with van der Waals surface area (Å²) in [6, 6.07) is 16.1. The number of nitrogens with zero attached hydrogens (tertiary/aromatic N) is 1. The molecule has 0 saturated carbocycles. The van der Waals surface area contributed by atoms with E-state index in [1.165, 1.54) is 4.90 Å². The van der Waals surface area contributed by atoms with Crippen LogP contribution in [0.2, 0.25) is 0 Å². The number of hydrogen-bond acceptors (Lipinski definition) is 5. The lowest BCUT2D eigenvalue weighted by atomic mass is 10.2. The van der Waals surface area contributed by atoms with Crippen LogP contribution in [0.25, 0.3) is 0 Å². The molecule has 0 unspecified atom stereocenters. The van der Waals surface area contributed by atoms with Crippen molar-refractivity contribution in [2.75, 3.05) is 26.9 Å². The van der Waals surface area contributed by atoms with Crippen LogP contribution in [0.15, 0.2) is 54.6 Å². The van der Waals surface area contributed by atoms with Crippen molar-refractivity contribution in [3.63, 3.8) is 0 Å². The molecule has 1 saturated heterocycles. The zero-order valence-electron chi connectivity index (χ0n) is 15.1. The van der Waals surface area contributed by atoms with E-state index in [0.29, 0.717) is 12.3 Å². The van der Waals surface area contributed by atoms with Gasteiger partial charge in [0.25, 0.3) is 0 Å². The maximum absolute atomic E-state index is 12.5. The molecule has 3 rings (SSSR count). The molecule has 1 aliphatic heterocycles. The molecule has 1 aliphatic rings. The predicted molar refractivity (Wildman–Crippen MR) is 98.6 cm³/mol.